The van der Waals surface area contributed by atoms with Gasteiger partial charge in [-0.05, 0) is 85.0 Å². The van der Waals surface area contributed by atoms with Gasteiger partial charge in [0.15, 0.2) is 0 Å². The number of carbonyl (C=O) groups is 1. The van der Waals surface area contributed by atoms with E-state index in [-0.39, 0.29) is 12.1 Å². The number of hydrogen-bond donors (Lipinski definition) is 3. The number of nitrogens with one attached hydrogen (secondary N) is 2. The van der Waals surface area contributed by atoms with Crippen molar-refractivity contribution in [3.63, 3.8) is 0 Å². The fourth-order valence-corrected chi connectivity index (χ4v) is 9.04. The summed E-state index contributed by atoms with van der Waals surface area (Å²) < 4.78 is 0. The Bertz CT molecular complexity index is 791. The van der Waals surface area contributed by atoms with Crippen LogP contribution in [0.15, 0.2) is 30.3 Å². The quantitative estimate of drug-likeness (QED) is 0.631. The van der Waals surface area contributed by atoms with Crippen molar-refractivity contribution in [2.75, 3.05) is 6.54 Å². The fraction of sp³-hybridized carbons (Fsp3) is 0.720. The number of benzene rings is 1. The molecule has 5 aliphatic carbocycles. The molecule has 10 atom stereocenters. The predicted octanol–water partition coefficient (Wildman–Crippen LogP) is 3.60. The molecule has 0 aromatic heterocycles. The van der Waals surface area contributed by atoms with Crippen LogP contribution in [-0.2, 0) is 6.42 Å². The van der Waals surface area contributed by atoms with E-state index in [4.69, 9.17) is 0 Å². The molecular weight excluding hydrogens is 360 g/mol. The van der Waals surface area contributed by atoms with Crippen LogP contribution in [0.3, 0.4) is 0 Å². The molecule has 0 aliphatic heterocycles. The van der Waals surface area contributed by atoms with E-state index < -0.39 is 5.60 Å². The van der Waals surface area contributed by atoms with Gasteiger partial charge in [-0.25, -0.2) is 4.79 Å². The molecule has 5 aliphatic rings. The van der Waals surface area contributed by atoms with E-state index >= 15 is 0 Å². The van der Waals surface area contributed by atoms with Crippen LogP contribution in [-0.4, -0.2) is 29.3 Å². The lowest BCUT2D eigenvalue weighted by atomic mass is 9.56. The van der Waals surface area contributed by atoms with Crippen molar-refractivity contribution in [3.05, 3.63) is 35.9 Å². The summed E-state index contributed by atoms with van der Waals surface area (Å²) in [4.78, 5) is 12.7. The van der Waals surface area contributed by atoms with Gasteiger partial charge in [0.05, 0.1) is 5.60 Å². The second-order valence-electron chi connectivity index (χ2n) is 10.7. The Kier molecular flexibility index (Phi) is 4.07. The van der Waals surface area contributed by atoms with Crippen molar-refractivity contribution in [2.24, 2.45) is 47.3 Å². The minimum atomic E-state index is -0.633. The first kappa shape index (κ1) is 18.2. The molecule has 2 amide bonds. The monoisotopic (exact) mass is 394 g/mol. The molecule has 29 heavy (non-hydrogen) atoms. The molecule has 10 unspecified atom stereocenters. The topological polar surface area (TPSA) is 61.4 Å². The van der Waals surface area contributed by atoms with Gasteiger partial charge in [-0.3, -0.25) is 0 Å². The van der Waals surface area contributed by atoms with E-state index in [1.807, 2.05) is 6.07 Å². The molecule has 4 heteroatoms. The van der Waals surface area contributed by atoms with Crippen molar-refractivity contribution in [1.82, 2.24) is 10.6 Å². The predicted molar refractivity (Wildman–Crippen MR) is 112 cm³/mol. The number of urea groups is 1. The second kappa shape index (κ2) is 6.47. The molecule has 0 saturated heterocycles. The van der Waals surface area contributed by atoms with Gasteiger partial charge in [0, 0.05) is 12.6 Å². The maximum absolute atomic E-state index is 12.7. The largest absolute Gasteiger partial charge is 0.387 e. The van der Waals surface area contributed by atoms with Gasteiger partial charge < -0.3 is 15.7 Å². The summed E-state index contributed by atoms with van der Waals surface area (Å²) in [5, 5.41) is 18.0. The van der Waals surface area contributed by atoms with Crippen LogP contribution in [0.1, 0.15) is 44.6 Å². The van der Waals surface area contributed by atoms with Gasteiger partial charge in [0.25, 0.3) is 0 Å². The number of rotatable bonds is 8. The Morgan fingerprint density at radius 1 is 1.07 bits per heavy atom. The summed E-state index contributed by atoms with van der Waals surface area (Å²) in [6.07, 6.45) is 6.72. The standard InChI is InChI=1S/C25H34N2O2/c1-2-6-15(10-9-14-7-4-3-5-8-14)27-24(28)26-13-25(29)22-17-12-18-20-16(17)11-19(22)21(20)23(18)25/h3-5,7-8,15-23,29H,2,6,9-13H2,1H3,(H2,26,27,28). The summed E-state index contributed by atoms with van der Waals surface area (Å²) >= 11 is 0. The van der Waals surface area contributed by atoms with Crippen LogP contribution in [0, 0.1) is 47.3 Å². The van der Waals surface area contributed by atoms with Gasteiger partial charge in [-0.15, -0.1) is 0 Å². The summed E-state index contributed by atoms with van der Waals surface area (Å²) in [6.45, 7) is 2.62. The van der Waals surface area contributed by atoms with E-state index in [0.717, 1.165) is 61.2 Å². The third kappa shape index (κ3) is 2.44. The fourth-order valence-electron chi connectivity index (χ4n) is 9.04. The number of fused-ring (bicyclic) bond motifs is 2. The Morgan fingerprint density at radius 2 is 1.83 bits per heavy atom. The molecule has 156 valence electrons. The second-order valence-corrected chi connectivity index (χ2v) is 10.7. The van der Waals surface area contributed by atoms with Crippen molar-refractivity contribution >= 4 is 6.03 Å². The molecule has 0 heterocycles. The summed E-state index contributed by atoms with van der Waals surface area (Å²) in [7, 11) is 0. The highest BCUT2D eigenvalue weighted by Gasteiger charge is 2.84. The lowest BCUT2D eigenvalue weighted by Crippen LogP contribution is -2.60. The minimum Gasteiger partial charge on any atom is -0.387 e. The average Bonchev–Trinajstić information content (AvgIpc) is 3.24. The smallest absolute Gasteiger partial charge is 0.315 e. The molecule has 1 aromatic carbocycles. The van der Waals surface area contributed by atoms with Gasteiger partial charge in [0.1, 0.15) is 0 Å². The van der Waals surface area contributed by atoms with Crippen LogP contribution < -0.4 is 10.6 Å². The Morgan fingerprint density at radius 3 is 2.62 bits per heavy atom. The first-order chi connectivity index (χ1) is 14.1. The van der Waals surface area contributed by atoms with Crippen LogP contribution in [0.4, 0.5) is 4.79 Å². The third-order valence-corrected chi connectivity index (χ3v) is 9.65. The number of carbonyl (C=O) groups excluding carboxylic acids is 1. The Labute approximate surface area is 173 Å². The molecule has 2 bridgehead atoms. The zero-order valence-electron chi connectivity index (χ0n) is 17.4. The van der Waals surface area contributed by atoms with Crippen molar-refractivity contribution in [2.45, 2.75) is 57.1 Å². The lowest BCUT2D eigenvalue weighted by molar-refractivity contribution is -0.126. The van der Waals surface area contributed by atoms with Gasteiger partial charge in [0.2, 0.25) is 0 Å². The Hall–Kier alpha value is -1.55. The van der Waals surface area contributed by atoms with Crippen LogP contribution in [0.25, 0.3) is 0 Å². The maximum Gasteiger partial charge on any atom is 0.315 e. The number of amides is 2. The molecule has 1 aromatic rings. The van der Waals surface area contributed by atoms with E-state index in [1.54, 1.807) is 0 Å². The highest BCUT2D eigenvalue weighted by Crippen LogP contribution is 2.85. The number of aliphatic hydroxyl groups is 1. The molecule has 0 spiro atoms. The van der Waals surface area contributed by atoms with Crippen molar-refractivity contribution < 1.29 is 9.90 Å². The van der Waals surface area contributed by atoms with Crippen LogP contribution in [0.2, 0.25) is 0 Å². The third-order valence-electron chi connectivity index (χ3n) is 9.65. The highest BCUT2D eigenvalue weighted by atomic mass is 16.3. The molecule has 3 N–H and O–H groups in total. The maximum atomic E-state index is 12.7. The van der Waals surface area contributed by atoms with Crippen molar-refractivity contribution in [3.8, 4) is 0 Å². The summed E-state index contributed by atoms with van der Waals surface area (Å²) in [5.74, 6) is 5.81. The molecule has 0 radical (unpaired) electrons. The first-order valence-corrected chi connectivity index (χ1v) is 11.9. The molecule has 5 fully saturated rings. The lowest BCUT2D eigenvalue weighted by Gasteiger charge is -2.51. The van der Waals surface area contributed by atoms with Gasteiger partial charge >= 0.3 is 6.03 Å². The van der Waals surface area contributed by atoms with Crippen LogP contribution >= 0.6 is 0 Å². The average molecular weight is 395 g/mol. The molecule has 4 nitrogen and oxygen atoms in total. The normalized spacial score (nSPS) is 45.4. The highest BCUT2D eigenvalue weighted by molar-refractivity contribution is 5.74. The molecule has 6 rings (SSSR count). The van der Waals surface area contributed by atoms with E-state index in [1.165, 1.54) is 18.4 Å². The summed E-state index contributed by atoms with van der Waals surface area (Å²) in [6, 6.07) is 10.6. The Balaban J connectivity index is 1.06. The molecular formula is C25H34N2O2. The van der Waals surface area contributed by atoms with E-state index in [9.17, 15) is 9.90 Å². The summed E-state index contributed by atoms with van der Waals surface area (Å²) in [5.41, 5.74) is 0.688. The van der Waals surface area contributed by atoms with Crippen LogP contribution in [0.5, 0.6) is 0 Å². The number of hydrogen-bond acceptors (Lipinski definition) is 2. The number of aryl methyl sites for hydroxylation is 1. The van der Waals surface area contributed by atoms with Crippen molar-refractivity contribution in [1.29, 1.82) is 0 Å². The van der Waals surface area contributed by atoms with Gasteiger partial charge in [-0.1, -0.05) is 43.7 Å². The molecule has 5 saturated carbocycles. The van der Waals surface area contributed by atoms with Gasteiger partial charge in [-0.2, -0.15) is 0 Å². The van der Waals surface area contributed by atoms with E-state index in [2.05, 4.69) is 41.8 Å². The SMILES string of the molecule is CCCC(CCc1ccccc1)NC(=O)NCC1(O)C2C3CC4C5C3CC2C5C41. The van der Waals surface area contributed by atoms with E-state index in [0.29, 0.717) is 18.4 Å². The minimum absolute atomic E-state index is 0.0942. The first-order valence-electron chi connectivity index (χ1n) is 11.9. The zero-order chi connectivity index (χ0) is 19.8. The zero-order valence-corrected chi connectivity index (χ0v) is 17.4.